The van der Waals surface area contributed by atoms with Gasteiger partial charge in [-0.2, -0.15) is 0 Å². The van der Waals surface area contributed by atoms with Crippen LogP contribution in [0.25, 0.3) is 0 Å². The van der Waals surface area contributed by atoms with E-state index in [-0.39, 0.29) is 11.3 Å². The monoisotopic (exact) mass is 307 g/mol. The van der Waals surface area contributed by atoms with Crippen LogP contribution in [0, 0.1) is 17.3 Å². The fourth-order valence-electron chi connectivity index (χ4n) is 2.74. The molecule has 0 aliphatic heterocycles. The van der Waals surface area contributed by atoms with Crippen LogP contribution in [0.15, 0.2) is 18.2 Å². The predicted octanol–water partition coefficient (Wildman–Crippen LogP) is 1.69. The molecule has 22 heavy (non-hydrogen) atoms. The van der Waals surface area contributed by atoms with Crippen LogP contribution < -0.4 is 10.1 Å². The van der Waals surface area contributed by atoms with Gasteiger partial charge in [0.2, 0.25) is 5.91 Å². The Labute approximate surface area is 126 Å². The number of anilines is 1. The van der Waals surface area contributed by atoms with Gasteiger partial charge in [0.15, 0.2) is 0 Å². The van der Waals surface area contributed by atoms with E-state index in [2.05, 4.69) is 5.32 Å². The molecule has 0 radical (unpaired) electrons. The van der Waals surface area contributed by atoms with Gasteiger partial charge in [-0.3, -0.25) is 9.59 Å². The Hall–Kier alpha value is -2.57. The van der Waals surface area contributed by atoms with Crippen molar-refractivity contribution in [3.63, 3.8) is 0 Å². The SMILES string of the molecule is COc1ccc(C(=O)O)cc1NC(=O)[C@@H]1[C@H](C(=O)O)C1(C)C. The fraction of sp³-hybridized carbons (Fsp3) is 0.400. The van der Waals surface area contributed by atoms with Crippen molar-refractivity contribution >= 4 is 23.5 Å². The van der Waals surface area contributed by atoms with Gasteiger partial charge in [0.05, 0.1) is 30.2 Å². The highest BCUT2D eigenvalue weighted by Gasteiger charge is 2.65. The Bertz CT molecular complexity index is 651. The van der Waals surface area contributed by atoms with E-state index in [1.165, 1.54) is 25.3 Å². The summed E-state index contributed by atoms with van der Waals surface area (Å²) >= 11 is 0. The number of nitrogens with one attached hydrogen (secondary N) is 1. The summed E-state index contributed by atoms with van der Waals surface area (Å²) in [6, 6.07) is 4.08. The van der Waals surface area contributed by atoms with Gasteiger partial charge in [-0.1, -0.05) is 13.8 Å². The maximum absolute atomic E-state index is 12.3. The second-order valence-corrected chi connectivity index (χ2v) is 5.82. The fourth-order valence-corrected chi connectivity index (χ4v) is 2.74. The second kappa shape index (κ2) is 5.32. The van der Waals surface area contributed by atoms with Crippen molar-refractivity contribution < 1.29 is 29.3 Å². The number of carboxylic acids is 2. The molecular weight excluding hydrogens is 290 g/mol. The van der Waals surface area contributed by atoms with Gasteiger partial charge >= 0.3 is 11.9 Å². The van der Waals surface area contributed by atoms with Crippen molar-refractivity contribution in [3.05, 3.63) is 23.8 Å². The lowest BCUT2D eigenvalue weighted by Crippen LogP contribution is -2.18. The van der Waals surface area contributed by atoms with E-state index in [9.17, 15) is 14.4 Å². The third-order valence-electron chi connectivity index (χ3n) is 4.08. The number of carbonyl (C=O) groups is 3. The molecule has 7 heteroatoms. The third kappa shape index (κ3) is 2.61. The van der Waals surface area contributed by atoms with E-state index >= 15 is 0 Å². The van der Waals surface area contributed by atoms with E-state index in [4.69, 9.17) is 14.9 Å². The maximum Gasteiger partial charge on any atom is 0.335 e. The summed E-state index contributed by atoms with van der Waals surface area (Å²) < 4.78 is 5.08. The van der Waals surface area contributed by atoms with Crippen LogP contribution in [-0.4, -0.2) is 35.2 Å². The minimum Gasteiger partial charge on any atom is -0.495 e. The molecule has 0 bridgehead atoms. The predicted molar refractivity (Wildman–Crippen MR) is 77.0 cm³/mol. The van der Waals surface area contributed by atoms with Gasteiger partial charge in [0.1, 0.15) is 5.75 Å². The van der Waals surface area contributed by atoms with Gasteiger partial charge in [-0.05, 0) is 23.6 Å². The largest absolute Gasteiger partial charge is 0.495 e. The summed E-state index contributed by atoms with van der Waals surface area (Å²) in [5, 5.41) is 20.7. The number of hydrogen-bond donors (Lipinski definition) is 3. The summed E-state index contributed by atoms with van der Waals surface area (Å²) in [5.74, 6) is -3.71. The lowest BCUT2D eigenvalue weighted by molar-refractivity contribution is -0.140. The summed E-state index contributed by atoms with van der Waals surface area (Å²) in [6.07, 6.45) is 0. The van der Waals surface area contributed by atoms with Gasteiger partial charge in [-0.25, -0.2) is 4.79 Å². The van der Waals surface area contributed by atoms with E-state index in [1.807, 2.05) is 0 Å². The minimum absolute atomic E-state index is 0.000872. The highest BCUT2D eigenvalue weighted by Crippen LogP contribution is 2.58. The molecule has 1 aliphatic carbocycles. The number of carbonyl (C=O) groups excluding carboxylic acids is 1. The molecule has 1 aromatic carbocycles. The Balaban J connectivity index is 2.24. The number of carboxylic acid groups (broad SMARTS) is 2. The summed E-state index contributed by atoms with van der Waals surface area (Å²) in [4.78, 5) is 34.4. The Morgan fingerprint density at radius 2 is 1.82 bits per heavy atom. The molecule has 118 valence electrons. The van der Waals surface area contributed by atoms with Crippen molar-refractivity contribution in [1.29, 1.82) is 0 Å². The van der Waals surface area contributed by atoms with E-state index < -0.39 is 35.1 Å². The Morgan fingerprint density at radius 1 is 1.18 bits per heavy atom. The quantitative estimate of drug-likeness (QED) is 0.763. The smallest absolute Gasteiger partial charge is 0.335 e. The van der Waals surface area contributed by atoms with Gasteiger partial charge in [0.25, 0.3) is 0 Å². The summed E-state index contributed by atoms with van der Waals surface area (Å²) in [7, 11) is 1.40. The van der Waals surface area contributed by atoms with Crippen molar-refractivity contribution in [2.45, 2.75) is 13.8 Å². The number of methoxy groups -OCH3 is 1. The normalized spacial score (nSPS) is 21.8. The molecule has 1 aliphatic rings. The van der Waals surface area contributed by atoms with Crippen molar-refractivity contribution in [1.82, 2.24) is 0 Å². The molecule has 3 N–H and O–H groups in total. The molecule has 1 amide bonds. The number of rotatable bonds is 5. The number of hydrogen-bond acceptors (Lipinski definition) is 4. The van der Waals surface area contributed by atoms with Gasteiger partial charge in [-0.15, -0.1) is 0 Å². The molecule has 2 atom stereocenters. The molecule has 1 aromatic rings. The number of ether oxygens (including phenoxy) is 1. The average molecular weight is 307 g/mol. The van der Waals surface area contributed by atoms with E-state index in [0.29, 0.717) is 5.75 Å². The summed E-state index contributed by atoms with van der Waals surface area (Å²) in [5.41, 5.74) is -0.423. The zero-order chi connectivity index (χ0) is 16.7. The minimum atomic E-state index is -1.13. The zero-order valence-corrected chi connectivity index (χ0v) is 12.4. The van der Waals surface area contributed by atoms with Crippen LogP contribution in [0.1, 0.15) is 24.2 Å². The highest BCUT2D eigenvalue weighted by atomic mass is 16.5. The first kappa shape index (κ1) is 15.8. The summed E-state index contributed by atoms with van der Waals surface area (Å²) in [6.45, 7) is 3.42. The topological polar surface area (TPSA) is 113 Å². The molecular formula is C15H17NO6. The lowest BCUT2D eigenvalue weighted by Gasteiger charge is -2.11. The number of aliphatic carboxylic acids is 1. The molecule has 2 rings (SSSR count). The molecule has 7 nitrogen and oxygen atoms in total. The first-order valence-corrected chi connectivity index (χ1v) is 6.65. The first-order valence-electron chi connectivity index (χ1n) is 6.65. The van der Waals surface area contributed by atoms with E-state index in [0.717, 1.165) is 0 Å². The lowest BCUT2D eigenvalue weighted by atomic mass is 10.1. The molecule has 0 spiro atoms. The standard InChI is InChI=1S/C15H17NO6/c1-15(2)10(11(15)14(20)21)12(17)16-8-6-7(13(18)19)4-5-9(8)22-3/h4-6,10-11H,1-3H3,(H,16,17)(H,18,19)(H,20,21)/t10-,11+/m0/s1. The van der Waals surface area contributed by atoms with Gasteiger partial charge < -0.3 is 20.3 Å². The second-order valence-electron chi connectivity index (χ2n) is 5.82. The Kier molecular flexibility index (Phi) is 3.83. The maximum atomic E-state index is 12.3. The molecule has 0 heterocycles. The average Bonchev–Trinajstić information content (AvgIpc) is 3.01. The zero-order valence-electron chi connectivity index (χ0n) is 12.4. The number of aromatic carboxylic acids is 1. The number of benzene rings is 1. The Morgan fingerprint density at radius 3 is 2.27 bits per heavy atom. The molecule has 1 fully saturated rings. The molecule has 0 saturated heterocycles. The molecule has 1 saturated carbocycles. The molecule has 0 unspecified atom stereocenters. The first-order chi connectivity index (χ1) is 10.2. The van der Waals surface area contributed by atoms with Crippen LogP contribution in [0.2, 0.25) is 0 Å². The van der Waals surface area contributed by atoms with Crippen LogP contribution in [-0.2, 0) is 9.59 Å². The third-order valence-corrected chi connectivity index (χ3v) is 4.08. The van der Waals surface area contributed by atoms with Crippen LogP contribution in [0.5, 0.6) is 5.75 Å². The van der Waals surface area contributed by atoms with Crippen molar-refractivity contribution in [3.8, 4) is 5.75 Å². The van der Waals surface area contributed by atoms with Gasteiger partial charge in [0, 0.05) is 0 Å². The van der Waals surface area contributed by atoms with Crippen LogP contribution >= 0.6 is 0 Å². The van der Waals surface area contributed by atoms with Crippen molar-refractivity contribution in [2.24, 2.45) is 17.3 Å². The van der Waals surface area contributed by atoms with E-state index in [1.54, 1.807) is 13.8 Å². The van der Waals surface area contributed by atoms with Crippen molar-refractivity contribution in [2.75, 3.05) is 12.4 Å². The molecule has 0 aromatic heterocycles. The van der Waals surface area contributed by atoms with Crippen LogP contribution in [0.3, 0.4) is 0 Å². The highest BCUT2D eigenvalue weighted by molar-refractivity contribution is 6.01. The number of amides is 1. The van der Waals surface area contributed by atoms with Crippen LogP contribution in [0.4, 0.5) is 5.69 Å².